The van der Waals surface area contributed by atoms with Gasteiger partial charge in [0.05, 0.1) is 5.52 Å². The third-order valence-corrected chi connectivity index (χ3v) is 4.66. The van der Waals surface area contributed by atoms with Crippen LogP contribution in [0.3, 0.4) is 0 Å². The molecule has 2 aromatic carbocycles. The van der Waals surface area contributed by atoms with E-state index < -0.39 is 34.9 Å². The molecule has 1 atom stereocenters. The van der Waals surface area contributed by atoms with E-state index in [1.54, 1.807) is 19.1 Å². The summed E-state index contributed by atoms with van der Waals surface area (Å²) >= 11 is 6.11. The Morgan fingerprint density at radius 1 is 1.27 bits per heavy atom. The summed E-state index contributed by atoms with van der Waals surface area (Å²) in [5, 5.41) is 12.5. The second-order valence-corrected chi connectivity index (χ2v) is 6.86. The van der Waals surface area contributed by atoms with Crippen molar-refractivity contribution >= 4 is 34.4 Å². The zero-order valence-corrected chi connectivity index (χ0v) is 16.6. The van der Waals surface area contributed by atoms with E-state index in [1.807, 2.05) is 0 Å². The van der Waals surface area contributed by atoms with E-state index >= 15 is 0 Å². The summed E-state index contributed by atoms with van der Waals surface area (Å²) in [6.07, 6.45) is -1.15. The summed E-state index contributed by atoms with van der Waals surface area (Å²) in [7, 11) is 0. The lowest BCUT2D eigenvalue weighted by Crippen LogP contribution is -2.31. The van der Waals surface area contributed by atoms with Gasteiger partial charge in [0, 0.05) is 29.1 Å². The van der Waals surface area contributed by atoms with Crippen LogP contribution in [0.1, 0.15) is 34.5 Å². The number of benzene rings is 2. The van der Waals surface area contributed by atoms with Crippen LogP contribution in [0, 0.1) is 5.82 Å². The Kier molecular flexibility index (Phi) is 6.49. The molecule has 7 nitrogen and oxygen atoms in total. The van der Waals surface area contributed by atoms with Gasteiger partial charge in [0.1, 0.15) is 11.4 Å². The topological polar surface area (TPSA) is 108 Å². The molecular weight excluding hydrogens is 415 g/mol. The van der Waals surface area contributed by atoms with Crippen molar-refractivity contribution in [2.45, 2.75) is 19.6 Å². The Morgan fingerprint density at radius 3 is 2.67 bits per heavy atom. The number of nitrogens with one attached hydrogen (secondary N) is 2. The first-order valence-electron chi connectivity index (χ1n) is 9.04. The lowest BCUT2D eigenvalue weighted by Gasteiger charge is -2.18. The standard InChI is InChI=1S/C21H18ClFN2O5/c1-2-30-18(14-5-3-4-6-16(14)23)20(27)24-10-12-8-13(22)7-11-9-15(21(28)29)19(26)25-17(11)12/h3-9,18H,2,10H2,1H3,(H,24,27)(H,25,26)(H,28,29). The molecular formula is C21H18ClFN2O5. The first-order chi connectivity index (χ1) is 14.3. The summed E-state index contributed by atoms with van der Waals surface area (Å²) in [6, 6.07) is 10.1. The molecule has 0 bridgehead atoms. The van der Waals surface area contributed by atoms with E-state index in [0.29, 0.717) is 21.5 Å². The zero-order chi connectivity index (χ0) is 21.8. The van der Waals surface area contributed by atoms with Crippen molar-refractivity contribution in [1.82, 2.24) is 10.3 Å². The van der Waals surface area contributed by atoms with Gasteiger partial charge in [-0.25, -0.2) is 9.18 Å². The van der Waals surface area contributed by atoms with E-state index in [1.165, 1.54) is 30.3 Å². The minimum absolute atomic E-state index is 0.0454. The summed E-state index contributed by atoms with van der Waals surface area (Å²) < 4.78 is 19.6. The molecule has 3 rings (SSSR count). The van der Waals surface area contributed by atoms with Crippen molar-refractivity contribution < 1.29 is 23.8 Å². The van der Waals surface area contributed by atoms with Crippen molar-refractivity contribution in [3.63, 3.8) is 0 Å². The van der Waals surface area contributed by atoms with Crippen molar-refractivity contribution in [1.29, 1.82) is 0 Å². The normalized spacial score (nSPS) is 12.0. The van der Waals surface area contributed by atoms with Crippen LogP contribution in [0.5, 0.6) is 0 Å². The summed E-state index contributed by atoms with van der Waals surface area (Å²) in [5.74, 6) is -2.50. The van der Waals surface area contributed by atoms with Crippen LogP contribution in [0.25, 0.3) is 10.9 Å². The molecule has 3 aromatic rings. The van der Waals surface area contributed by atoms with E-state index in [9.17, 15) is 18.8 Å². The van der Waals surface area contributed by atoms with Crippen LogP contribution in [-0.4, -0.2) is 28.6 Å². The highest BCUT2D eigenvalue weighted by Crippen LogP contribution is 2.24. The Hall–Kier alpha value is -3.23. The molecule has 0 saturated carbocycles. The fraction of sp³-hybridized carbons (Fsp3) is 0.190. The summed E-state index contributed by atoms with van der Waals surface area (Å²) in [5.41, 5.74) is -0.288. The molecule has 0 spiro atoms. The third-order valence-electron chi connectivity index (χ3n) is 4.44. The molecule has 1 heterocycles. The number of pyridine rings is 1. The number of carbonyl (C=O) groups is 2. The van der Waals surface area contributed by atoms with E-state index in [2.05, 4.69) is 10.3 Å². The van der Waals surface area contributed by atoms with Gasteiger partial charge in [-0.3, -0.25) is 9.59 Å². The molecule has 1 aromatic heterocycles. The maximum Gasteiger partial charge on any atom is 0.341 e. The van der Waals surface area contributed by atoms with Crippen LogP contribution in [-0.2, 0) is 16.1 Å². The molecule has 0 fully saturated rings. The van der Waals surface area contributed by atoms with Gasteiger partial charge >= 0.3 is 5.97 Å². The van der Waals surface area contributed by atoms with Crippen molar-refractivity contribution in [3.05, 3.63) is 80.3 Å². The van der Waals surface area contributed by atoms with Gasteiger partial charge in [0.15, 0.2) is 6.10 Å². The largest absolute Gasteiger partial charge is 0.477 e. The molecule has 1 amide bonds. The smallest absolute Gasteiger partial charge is 0.341 e. The number of aromatic amines is 1. The average Bonchev–Trinajstić information content (AvgIpc) is 2.70. The first-order valence-corrected chi connectivity index (χ1v) is 9.42. The molecule has 0 saturated heterocycles. The van der Waals surface area contributed by atoms with Gasteiger partial charge in [-0.2, -0.15) is 0 Å². The highest BCUT2D eigenvalue weighted by atomic mass is 35.5. The maximum atomic E-state index is 14.1. The Morgan fingerprint density at radius 2 is 2.00 bits per heavy atom. The predicted octanol–water partition coefficient (Wildman–Crippen LogP) is 3.41. The highest BCUT2D eigenvalue weighted by molar-refractivity contribution is 6.31. The minimum Gasteiger partial charge on any atom is -0.477 e. The zero-order valence-electron chi connectivity index (χ0n) is 15.9. The molecule has 0 aliphatic heterocycles. The number of H-pyrrole nitrogens is 1. The number of carboxylic acids is 1. The van der Waals surface area contributed by atoms with Crippen molar-refractivity contribution in [2.75, 3.05) is 6.61 Å². The Bertz CT molecular complexity index is 1180. The van der Waals surface area contributed by atoms with E-state index in [-0.39, 0.29) is 18.7 Å². The number of aromatic nitrogens is 1. The monoisotopic (exact) mass is 432 g/mol. The van der Waals surface area contributed by atoms with Crippen LogP contribution in [0.2, 0.25) is 5.02 Å². The van der Waals surface area contributed by atoms with Crippen LogP contribution in [0.15, 0.2) is 47.3 Å². The lowest BCUT2D eigenvalue weighted by molar-refractivity contribution is -0.133. The number of halogens is 2. The molecule has 156 valence electrons. The second-order valence-electron chi connectivity index (χ2n) is 6.42. The Labute approximate surface area is 175 Å². The summed E-state index contributed by atoms with van der Waals surface area (Å²) in [6.45, 7) is 1.84. The number of carbonyl (C=O) groups excluding carboxylic acids is 1. The van der Waals surface area contributed by atoms with Gasteiger partial charge < -0.3 is 20.1 Å². The van der Waals surface area contributed by atoms with Gasteiger partial charge in [-0.05, 0) is 36.8 Å². The number of amides is 1. The molecule has 0 aliphatic carbocycles. The van der Waals surface area contributed by atoms with Crippen molar-refractivity contribution in [3.8, 4) is 0 Å². The summed E-state index contributed by atoms with van der Waals surface area (Å²) in [4.78, 5) is 38.5. The average molecular weight is 433 g/mol. The number of hydrogen-bond acceptors (Lipinski definition) is 4. The molecule has 9 heteroatoms. The van der Waals surface area contributed by atoms with Crippen LogP contribution < -0.4 is 10.9 Å². The fourth-order valence-corrected chi connectivity index (χ4v) is 3.34. The van der Waals surface area contributed by atoms with E-state index in [0.717, 1.165) is 0 Å². The number of rotatable bonds is 7. The third kappa shape index (κ3) is 4.50. The minimum atomic E-state index is -1.36. The van der Waals surface area contributed by atoms with Gasteiger partial charge in [-0.15, -0.1) is 0 Å². The number of fused-ring (bicyclic) bond motifs is 1. The van der Waals surface area contributed by atoms with Gasteiger partial charge in [0.2, 0.25) is 0 Å². The van der Waals surface area contributed by atoms with Crippen LogP contribution in [0.4, 0.5) is 4.39 Å². The molecule has 0 aliphatic rings. The predicted molar refractivity (Wildman–Crippen MR) is 109 cm³/mol. The number of carboxylic acid groups (broad SMARTS) is 1. The quantitative estimate of drug-likeness (QED) is 0.530. The molecule has 3 N–H and O–H groups in total. The molecule has 0 radical (unpaired) electrons. The maximum absolute atomic E-state index is 14.1. The van der Waals surface area contributed by atoms with Crippen molar-refractivity contribution in [2.24, 2.45) is 0 Å². The highest BCUT2D eigenvalue weighted by Gasteiger charge is 2.24. The first kappa shape index (κ1) is 21.5. The SMILES string of the molecule is CCOC(C(=O)NCc1cc(Cl)cc2cc(C(=O)O)c(=O)[nH]c12)c1ccccc1F. The Balaban J connectivity index is 1.91. The lowest BCUT2D eigenvalue weighted by atomic mass is 10.1. The van der Waals surface area contributed by atoms with Gasteiger partial charge in [0.25, 0.3) is 11.5 Å². The fourth-order valence-electron chi connectivity index (χ4n) is 3.09. The number of hydrogen-bond donors (Lipinski definition) is 3. The van der Waals surface area contributed by atoms with Gasteiger partial charge in [-0.1, -0.05) is 29.8 Å². The molecule has 1 unspecified atom stereocenters. The number of aromatic carboxylic acids is 1. The molecule has 30 heavy (non-hydrogen) atoms. The van der Waals surface area contributed by atoms with Crippen LogP contribution >= 0.6 is 11.6 Å². The number of ether oxygens (including phenoxy) is 1. The van der Waals surface area contributed by atoms with E-state index in [4.69, 9.17) is 21.4 Å². The second kappa shape index (κ2) is 9.06.